The Hall–Kier alpha value is -1.41. The molecule has 0 saturated heterocycles. The van der Waals surface area contributed by atoms with E-state index >= 15 is 0 Å². The van der Waals surface area contributed by atoms with Crippen LogP contribution in [0.5, 0.6) is 0 Å². The Morgan fingerprint density at radius 2 is 2.04 bits per heavy atom. The molecule has 2 aromatic rings. The van der Waals surface area contributed by atoms with Gasteiger partial charge in [-0.05, 0) is 61.1 Å². The molecule has 1 atom stereocenters. The van der Waals surface area contributed by atoms with Crippen LogP contribution < -0.4 is 10.3 Å². The second-order valence-electron chi connectivity index (χ2n) is 6.09. The number of hydrogen-bond acceptors (Lipinski definition) is 4. The van der Waals surface area contributed by atoms with Crippen molar-refractivity contribution in [3.05, 3.63) is 50.7 Å². The third kappa shape index (κ3) is 4.23. The van der Waals surface area contributed by atoms with E-state index in [0.29, 0.717) is 15.8 Å². The number of sulfonamides is 1. The first-order chi connectivity index (χ1) is 11.9. The Bertz CT molecular complexity index is 876. The highest BCUT2D eigenvalue weighted by atomic mass is 35.5. The molecule has 0 saturated carbocycles. The minimum Gasteiger partial charge on any atom is -0.273 e. The highest BCUT2D eigenvalue weighted by Gasteiger charge is 2.23. The first-order valence-corrected chi connectivity index (χ1v) is 10.8. The van der Waals surface area contributed by atoms with E-state index in [9.17, 15) is 13.2 Å². The topological polar surface area (TPSA) is 75.3 Å². The average molecular weight is 399 g/mol. The quantitative estimate of drug-likeness (QED) is 0.756. The van der Waals surface area contributed by atoms with Crippen molar-refractivity contribution in [2.75, 3.05) is 0 Å². The Morgan fingerprint density at radius 1 is 1.32 bits per heavy atom. The van der Waals surface area contributed by atoms with Crippen LogP contribution in [0.25, 0.3) is 0 Å². The monoisotopic (exact) mass is 398 g/mol. The maximum atomic E-state index is 12.3. The summed E-state index contributed by atoms with van der Waals surface area (Å²) >= 11 is 7.20. The maximum Gasteiger partial charge on any atom is 0.276 e. The number of amides is 1. The smallest absolute Gasteiger partial charge is 0.273 e. The van der Waals surface area contributed by atoms with E-state index in [2.05, 4.69) is 17.2 Å². The molecule has 0 fully saturated rings. The molecule has 0 aliphatic heterocycles. The van der Waals surface area contributed by atoms with Crippen LogP contribution in [0.15, 0.2) is 35.2 Å². The number of fused-ring (bicyclic) bond motifs is 1. The fourth-order valence-corrected chi connectivity index (χ4v) is 4.98. The van der Waals surface area contributed by atoms with Gasteiger partial charge < -0.3 is 0 Å². The van der Waals surface area contributed by atoms with Gasteiger partial charge in [0.25, 0.3) is 15.9 Å². The van der Waals surface area contributed by atoms with Gasteiger partial charge in [0.1, 0.15) is 0 Å². The number of hydrogen-bond donors (Lipinski definition) is 2. The summed E-state index contributed by atoms with van der Waals surface area (Å²) in [7, 11) is -3.83. The lowest BCUT2D eigenvalue weighted by Gasteiger charge is -2.19. The molecule has 2 N–H and O–H groups in total. The van der Waals surface area contributed by atoms with Crippen LogP contribution in [0.3, 0.4) is 0 Å². The van der Waals surface area contributed by atoms with E-state index in [1.54, 1.807) is 0 Å². The summed E-state index contributed by atoms with van der Waals surface area (Å²) in [4.78, 5) is 16.2. The van der Waals surface area contributed by atoms with Crippen molar-refractivity contribution >= 4 is 38.9 Å². The van der Waals surface area contributed by atoms with Gasteiger partial charge in [0.05, 0.1) is 9.77 Å². The summed E-state index contributed by atoms with van der Waals surface area (Å²) < 4.78 is 24.4. The second kappa shape index (κ2) is 7.45. The Labute approximate surface area is 156 Å². The molecule has 1 amide bonds. The summed E-state index contributed by atoms with van der Waals surface area (Å²) in [6.07, 6.45) is 4.26. The van der Waals surface area contributed by atoms with Crippen molar-refractivity contribution in [2.24, 2.45) is 5.92 Å². The van der Waals surface area contributed by atoms with Crippen molar-refractivity contribution in [1.82, 2.24) is 10.3 Å². The Morgan fingerprint density at radius 3 is 2.72 bits per heavy atom. The molecule has 1 heterocycles. The average Bonchev–Trinajstić information content (AvgIpc) is 3.03. The SMILES string of the molecule is CC[C@H]1CCc2sc(C(=O)NNS(=O)(=O)c3ccc(Cl)cc3)cc2C1. The minimum atomic E-state index is -3.83. The predicted octanol–water partition coefficient (Wildman–Crippen LogP) is 3.54. The van der Waals surface area contributed by atoms with Crippen molar-refractivity contribution in [3.63, 3.8) is 0 Å². The highest BCUT2D eigenvalue weighted by molar-refractivity contribution is 7.89. The second-order valence-corrected chi connectivity index (χ2v) is 9.35. The van der Waals surface area contributed by atoms with E-state index < -0.39 is 15.9 Å². The van der Waals surface area contributed by atoms with Crippen molar-refractivity contribution in [1.29, 1.82) is 0 Å². The number of thiophene rings is 1. The molecule has 1 aromatic heterocycles. The number of halogens is 1. The zero-order chi connectivity index (χ0) is 18.0. The molecule has 0 unspecified atom stereocenters. The molecule has 0 bridgehead atoms. The van der Waals surface area contributed by atoms with E-state index in [0.717, 1.165) is 25.7 Å². The van der Waals surface area contributed by atoms with Crippen LogP contribution in [0.1, 0.15) is 39.9 Å². The predicted molar refractivity (Wildman–Crippen MR) is 99.4 cm³/mol. The standard InChI is InChI=1S/C17H19ClN2O3S2/c1-2-11-3-8-15-12(9-11)10-16(24-15)17(21)19-20-25(22,23)14-6-4-13(18)5-7-14/h4-7,10-11,20H,2-3,8-9H2,1H3,(H,19,21)/t11-/m0/s1. The molecule has 25 heavy (non-hydrogen) atoms. The lowest BCUT2D eigenvalue weighted by atomic mass is 9.87. The van der Waals surface area contributed by atoms with Gasteiger partial charge in [0.15, 0.2) is 0 Å². The summed E-state index contributed by atoms with van der Waals surface area (Å²) in [5.41, 5.74) is 3.50. The molecule has 5 nitrogen and oxygen atoms in total. The lowest BCUT2D eigenvalue weighted by molar-refractivity contribution is 0.0949. The Kier molecular flexibility index (Phi) is 5.48. The lowest BCUT2D eigenvalue weighted by Crippen LogP contribution is -2.41. The van der Waals surface area contributed by atoms with Gasteiger partial charge in [-0.15, -0.1) is 16.2 Å². The van der Waals surface area contributed by atoms with Crippen molar-refractivity contribution < 1.29 is 13.2 Å². The van der Waals surface area contributed by atoms with Gasteiger partial charge in [-0.3, -0.25) is 10.2 Å². The molecule has 8 heteroatoms. The first kappa shape index (κ1) is 18.4. The fourth-order valence-electron chi connectivity index (χ4n) is 2.91. The number of nitrogens with one attached hydrogen (secondary N) is 2. The molecule has 0 radical (unpaired) electrons. The summed E-state index contributed by atoms with van der Waals surface area (Å²) in [6.45, 7) is 2.18. The van der Waals surface area contributed by atoms with Crippen LogP contribution >= 0.6 is 22.9 Å². The van der Waals surface area contributed by atoms with Gasteiger partial charge in [-0.2, -0.15) is 0 Å². The molecule has 1 aliphatic rings. The Balaban J connectivity index is 1.67. The molecular weight excluding hydrogens is 380 g/mol. The van der Waals surface area contributed by atoms with Gasteiger partial charge in [-0.25, -0.2) is 8.42 Å². The van der Waals surface area contributed by atoms with Gasteiger partial charge in [0.2, 0.25) is 0 Å². The fraction of sp³-hybridized carbons (Fsp3) is 0.353. The summed E-state index contributed by atoms with van der Waals surface area (Å²) in [6, 6.07) is 7.61. The number of aryl methyl sites for hydroxylation is 1. The number of hydrazine groups is 1. The van der Waals surface area contributed by atoms with Gasteiger partial charge in [0, 0.05) is 9.90 Å². The molecular formula is C17H19ClN2O3S2. The number of benzene rings is 1. The van der Waals surface area contributed by atoms with Crippen molar-refractivity contribution in [3.8, 4) is 0 Å². The van der Waals surface area contributed by atoms with Gasteiger partial charge >= 0.3 is 0 Å². The molecule has 3 rings (SSSR count). The van der Waals surface area contributed by atoms with Gasteiger partial charge in [-0.1, -0.05) is 24.9 Å². The zero-order valence-electron chi connectivity index (χ0n) is 13.7. The van der Waals surface area contributed by atoms with Crippen LogP contribution in [0.4, 0.5) is 0 Å². The van der Waals surface area contributed by atoms with Crippen LogP contribution in [-0.2, 0) is 22.9 Å². The number of carbonyl (C=O) groups excluding carboxylic acids is 1. The molecule has 134 valence electrons. The summed E-state index contributed by atoms with van der Waals surface area (Å²) in [5.74, 6) is 0.228. The van der Waals surface area contributed by atoms with E-state index in [-0.39, 0.29) is 4.90 Å². The molecule has 0 spiro atoms. The van der Waals surface area contributed by atoms with E-state index in [1.807, 2.05) is 6.07 Å². The normalized spacial score (nSPS) is 17.1. The molecule has 1 aliphatic carbocycles. The van der Waals surface area contributed by atoms with E-state index in [1.165, 1.54) is 46.0 Å². The van der Waals surface area contributed by atoms with Crippen LogP contribution in [-0.4, -0.2) is 14.3 Å². The van der Waals surface area contributed by atoms with E-state index in [4.69, 9.17) is 11.6 Å². The third-order valence-electron chi connectivity index (χ3n) is 4.41. The highest BCUT2D eigenvalue weighted by Crippen LogP contribution is 2.33. The molecule has 1 aromatic carbocycles. The largest absolute Gasteiger partial charge is 0.276 e. The van der Waals surface area contributed by atoms with Crippen molar-refractivity contribution in [2.45, 2.75) is 37.5 Å². The van der Waals surface area contributed by atoms with Crippen LogP contribution in [0.2, 0.25) is 5.02 Å². The third-order valence-corrected chi connectivity index (χ3v) is 7.16. The minimum absolute atomic E-state index is 0.0356. The number of carbonyl (C=O) groups is 1. The maximum absolute atomic E-state index is 12.3. The first-order valence-electron chi connectivity index (χ1n) is 8.08. The van der Waals surface area contributed by atoms with Crippen LogP contribution in [0, 0.1) is 5.92 Å². The summed E-state index contributed by atoms with van der Waals surface area (Å²) in [5, 5.41) is 0.442. The number of rotatable bonds is 5. The zero-order valence-corrected chi connectivity index (χ0v) is 16.1.